The first-order valence-corrected chi connectivity index (χ1v) is 9.19. The lowest BCUT2D eigenvalue weighted by molar-refractivity contribution is -0.154. The Morgan fingerprint density at radius 1 is 1.36 bits per heavy atom. The van der Waals surface area contributed by atoms with Gasteiger partial charge >= 0.3 is 6.18 Å². The highest BCUT2D eigenvalue weighted by Gasteiger charge is 2.28. The summed E-state index contributed by atoms with van der Waals surface area (Å²) in [6, 6.07) is 3.06. The zero-order chi connectivity index (χ0) is 19.9. The lowest BCUT2D eigenvalue weighted by Crippen LogP contribution is -2.38. The van der Waals surface area contributed by atoms with Crippen molar-refractivity contribution in [2.24, 2.45) is 4.99 Å². The van der Waals surface area contributed by atoms with Gasteiger partial charge in [0.05, 0.1) is 23.8 Å². The third-order valence-corrected chi connectivity index (χ3v) is 4.18. The molecule has 6 nitrogen and oxygen atoms in total. The highest BCUT2D eigenvalue weighted by Crippen LogP contribution is 2.17. The number of nitrogens with zero attached hydrogens (tertiary/aromatic N) is 4. The quantitative estimate of drug-likeness (QED) is 0.334. The van der Waals surface area contributed by atoms with Crippen LogP contribution in [0.15, 0.2) is 28.7 Å². The van der Waals surface area contributed by atoms with Gasteiger partial charge in [0.15, 0.2) is 12.6 Å². The number of aliphatic imine (C=N–C) groups is 1. The molecular formula is C17H23F3IN5OS. The Morgan fingerprint density at radius 3 is 2.64 bits per heavy atom. The number of hydrogen-bond acceptors (Lipinski definition) is 5. The Bertz CT molecular complexity index is 752. The number of aromatic nitrogens is 2. The molecule has 0 aromatic carbocycles. The van der Waals surface area contributed by atoms with Crippen molar-refractivity contribution in [2.75, 3.05) is 20.2 Å². The van der Waals surface area contributed by atoms with Crippen LogP contribution in [0.1, 0.15) is 23.2 Å². The maximum absolute atomic E-state index is 12.1. The standard InChI is InChI=1S/C17H22F3N5OS.HI/c1-4-21-16(25(3)9-14-10-27-12(2)24-14)23-8-13-5-6-15(22-7-13)26-11-17(18,19)20;/h5-7,10H,4,8-9,11H2,1-3H3,(H,21,23);1H. The van der Waals surface area contributed by atoms with Gasteiger partial charge in [-0.05, 0) is 19.4 Å². The van der Waals surface area contributed by atoms with Crippen molar-refractivity contribution in [3.63, 3.8) is 0 Å². The maximum atomic E-state index is 12.1. The minimum atomic E-state index is -4.38. The summed E-state index contributed by atoms with van der Waals surface area (Å²) in [7, 11) is 1.92. The Labute approximate surface area is 183 Å². The number of pyridine rings is 1. The summed E-state index contributed by atoms with van der Waals surface area (Å²) in [6.07, 6.45) is -2.92. The number of alkyl halides is 3. The normalized spacial score (nSPS) is 11.7. The fraction of sp³-hybridized carbons (Fsp3) is 0.471. The van der Waals surface area contributed by atoms with E-state index >= 15 is 0 Å². The van der Waals surface area contributed by atoms with Crippen molar-refractivity contribution < 1.29 is 17.9 Å². The van der Waals surface area contributed by atoms with Crippen molar-refractivity contribution in [1.82, 2.24) is 20.2 Å². The molecule has 0 atom stereocenters. The van der Waals surface area contributed by atoms with E-state index in [-0.39, 0.29) is 29.9 Å². The van der Waals surface area contributed by atoms with E-state index in [1.165, 1.54) is 12.3 Å². The van der Waals surface area contributed by atoms with E-state index in [0.29, 0.717) is 25.6 Å². The second kappa shape index (κ2) is 11.4. The van der Waals surface area contributed by atoms with Gasteiger partial charge in [0, 0.05) is 31.2 Å². The summed E-state index contributed by atoms with van der Waals surface area (Å²) in [5, 5.41) is 6.24. The topological polar surface area (TPSA) is 62.6 Å². The van der Waals surface area contributed by atoms with Crippen LogP contribution in [-0.4, -0.2) is 47.2 Å². The highest BCUT2D eigenvalue weighted by molar-refractivity contribution is 14.0. The van der Waals surface area contributed by atoms with E-state index < -0.39 is 12.8 Å². The molecule has 0 aliphatic carbocycles. The lowest BCUT2D eigenvalue weighted by atomic mass is 10.3. The van der Waals surface area contributed by atoms with Crippen LogP contribution in [0, 0.1) is 6.92 Å². The molecule has 2 heterocycles. The van der Waals surface area contributed by atoms with Crippen molar-refractivity contribution >= 4 is 41.3 Å². The smallest absolute Gasteiger partial charge is 0.422 e. The molecule has 11 heteroatoms. The molecule has 28 heavy (non-hydrogen) atoms. The Morgan fingerprint density at radius 2 is 2.11 bits per heavy atom. The maximum Gasteiger partial charge on any atom is 0.422 e. The zero-order valence-corrected chi connectivity index (χ0v) is 18.9. The van der Waals surface area contributed by atoms with Gasteiger partial charge in [0.2, 0.25) is 5.88 Å². The Kier molecular flexibility index (Phi) is 9.93. The lowest BCUT2D eigenvalue weighted by Gasteiger charge is -2.21. The molecule has 1 N–H and O–H groups in total. The largest absolute Gasteiger partial charge is 0.468 e. The van der Waals surface area contributed by atoms with Gasteiger partial charge in [0.25, 0.3) is 0 Å². The summed E-state index contributed by atoms with van der Waals surface area (Å²) >= 11 is 1.60. The molecule has 0 saturated heterocycles. The number of nitrogens with one attached hydrogen (secondary N) is 1. The van der Waals surface area contributed by atoms with Crippen molar-refractivity contribution in [3.8, 4) is 5.88 Å². The summed E-state index contributed by atoms with van der Waals surface area (Å²) in [5.74, 6) is 0.642. The molecule has 2 rings (SSSR count). The molecular weight excluding hydrogens is 506 g/mol. The van der Waals surface area contributed by atoms with Gasteiger partial charge < -0.3 is 15.0 Å². The number of aryl methyl sites for hydroxylation is 1. The second-order valence-electron chi connectivity index (χ2n) is 5.79. The van der Waals surface area contributed by atoms with Gasteiger partial charge in [-0.25, -0.2) is 15.0 Å². The van der Waals surface area contributed by atoms with E-state index in [0.717, 1.165) is 16.3 Å². The summed E-state index contributed by atoms with van der Waals surface area (Å²) in [4.78, 5) is 14.8. The van der Waals surface area contributed by atoms with E-state index in [1.807, 2.05) is 31.2 Å². The molecule has 0 aliphatic rings. The number of halogens is 4. The molecule has 156 valence electrons. The zero-order valence-electron chi connectivity index (χ0n) is 15.8. The summed E-state index contributed by atoms with van der Waals surface area (Å²) < 4.78 is 41.0. The fourth-order valence-corrected chi connectivity index (χ4v) is 2.78. The van der Waals surface area contributed by atoms with Crippen LogP contribution in [-0.2, 0) is 13.1 Å². The number of guanidine groups is 1. The Hall–Kier alpha value is -1.63. The van der Waals surface area contributed by atoms with Crippen LogP contribution in [0.5, 0.6) is 5.88 Å². The predicted octanol–water partition coefficient (Wildman–Crippen LogP) is 4.00. The van der Waals surface area contributed by atoms with Crippen LogP contribution >= 0.6 is 35.3 Å². The van der Waals surface area contributed by atoms with Crippen LogP contribution in [0.3, 0.4) is 0 Å². The molecule has 0 amide bonds. The molecule has 0 saturated carbocycles. The van der Waals surface area contributed by atoms with Crippen molar-refractivity contribution in [3.05, 3.63) is 40.0 Å². The van der Waals surface area contributed by atoms with Gasteiger partial charge in [-0.15, -0.1) is 35.3 Å². The first-order chi connectivity index (χ1) is 12.8. The summed E-state index contributed by atoms with van der Waals surface area (Å²) in [5.41, 5.74) is 1.74. The SMILES string of the molecule is CCNC(=NCc1ccc(OCC(F)(F)F)nc1)N(C)Cc1csc(C)n1.I. The van der Waals surface area contributed by atoms with Crippen molar-refractivity contribution in [2.45, 2.75) is 33.1 Å². The van der Waals surface area contributed by atoms with E-state index in [1.54, 1.807) is 17.4 Å². The molecule has 0 spiro atoms. The average Bonchev–Trinajstić information content (AvgIpc) is 3.01. The third kappa shape index (κ3) is 8.59. The van der Waals surface area contributed by atoms with Crippen LogP contribution < -0.4 is 10.1 Å². The van der Waals surface area contributed by atoms with Gasteiger partial charge in [0.1, 0.15) is 0 Å². The first-order valence-electron chi connectivity index (χ1n) is 8.31. The molecule has 0 unspecified atom stereocenters. The molecule has 0 radical (unpaired) electrons. The highest BCUT2D eigenvalue weighted by atomic mass is 127. The van der Waals surface area contributed by atoms with E-state index in [9.17, 15) is 13.2 Å². The molecule has 0 bridgehead atoms. The first kappa shape index (κ1) is 24.4. The predicted molar refractivity (Wildman–Crippen MR) is 114 cm³/mol. The molecule has 0 fully saturated rings. The van der Waals surface area contributed by atoms with Gasteiger partial charge in [-0.3, -0.25) is 0 Å². The van der Waals surface area contributed by atoms with E-state index in [2.05, 4.69) is 25.0 Å². The minimum absolute atomic E-state index is 0. The monoisotopic (exact) mass is 529 g/mol. The fourth-order valence-electron chi connectivity index (χ4n) is 2.18. The van der Waals surface area contributed by atoms with Crippen molar-refractivity contribution in [1.29, 1.82) is 0 Å². The van der Waals surface area contributed by atoms with Gasteiger partial charge in [-0.2, -0.15) is 13.2 Å². The Balaban J connectivity index is 0.00000392. The average molecular weight is 529 g/mol. The number of thiazole rings is 1. The number of ether oxygens (including phenoxy) is 1. The van der Waals surface area contributed by atoms with Gasteiger partial charge in [-0.1, -0.05) is 6.07 Å². The van der Waals surface area contributed by atoms with Crippen LogP contribution in [0.4, 0.5) is 13.2 Å². The van der Waals surface area contributed by atoms with Crippen LogP contribution in [0.25, 0.3) is 0 Å². The summed E-state index contributed by atoms with van der Waals surface area (Å²) in [6.45, 7) is 4.26. The third-order valence-electron chi connectivity index (χ3n) is 3.35. The molecule has 2 aromatic heterocycles. The second-order valence-corrected chi connectivity index (χ2v) is 6.85. The molecule has 2 aromatic rings. The number of rotatable bonds is 7. The van der Waals surface area contributed by atoms with E-state index in [4.69, 9.17) is 0 Å². The number of hydrogen-bond donors (Lipinski definition) is 1. The molecule has 0 aliphatic heterocycles. The minimum Gasteiger partial charge on any atom is -0.468 e. The van der Waals surface area contributed by atoms with Crippen LogP contribution in [0.2, 0.25) is 0 Å².